The first kappa shape index (κ1) is 15.4. The highest BCUT2D eigenvalue weighted by Crippen LogP contribution is 2.35. The fraction of sp³-hybridized carbons (Fsp3) is 0.462. The lowest BCUT2D eigenvalue weighted by molar-refractivity contribution is -0.153. The lowest BCUT2D eigenvalue weighted by atomic mass is 10.2. The van der Waals surface area contributed by atoms with Crippen LogP contribution in [0.25, 0.3) is 0 Å². The van der Waals surface area contributed by atoms with Crippen LogP contribution in [0.3, 0.4) is 0 Å². The maximum Gasteiger partial charge on any atom is 0.422 e. The molecule has 21 heavy (non-hydrogen) atoms. The van der Waals surface area contributed by atoms with Gasteiger partial charge in [-0.2, -0.15) is 13.2 Å². The molecule has 0 aromatic heterocycles. The molecular formula is C13H15F3N2O3. The molecule has 1 aromatic rings. The summed E-state index contributed by atoms with van der Waals surface area (Å²) in [6.45, 7) is -1.44. The summed E-state index contributed by atoms with van der Waals surface area (Å²) in [5, 5.41) is 2.55. The van der Waals surface area contributed by atoms with Gasteiger partial charge in [0.1, 0.15) is 0 Å². The Kier molecular flexibility index (Phi) is 3.99. The van der Waals surface area contributed by atoms with Gasteiger partial charge in [0.2, 0.25) is 5.91 Å². The number of amides is 1. The van der Waals surface area contributed by atoms with Crippen molar-refractivity contribution >= 4 is 11.6 Å². The van der Waals surface area contributed by atoms with Gasteiger partial charge in [0.25, 0.3) is 0 Å². The highest BCUT2D eigenvalue weighted by molar-refractivity contribution is 6.00. The van der Waals surface area contributed by atoms with Crippen molar-refractivity contribution in [3.63, 3.8) is 0 Å². The zero-order valence-corrected chi connectivity index (χ0v) is 11.3. The highest BCUT2D eigenvalue weighted by atomic mass is 19.4. The first-order valence-corrected chi connectivity index (χ1v) is 6.21. The van der Waals surface area contributed by atoms with Gasteiger partial charge in [-0.15, -0.1) is 0 Å². The molecule has 1 aromatic carbocycles. The first-order valence-electron chi connectivity index (χ1n) is 6.21. The fourth-order valence-corrected chi connectivity index (χ4v) is 1.64. The van der Waals surface area contributed by atoms with E-state index in [1.807, 2.05) is 0 Å². The van der Waals surface area contributed by atoms with E-state index in [1.54, 1.807) is 0 Å². The molecule has 0 atom stereocenters. The van der Waals surface area contributed by atoms with Crippen LogP contribution in [0.1, 0.15) is 12.8 Å². The average Bonchev–Trinajstić information content (AvgIpc) is 3.15. The minimum absolute atomic E-state index is 0.102. The van der Waals surface area contributed by atoms with Gasteiger partial charge >= 0.3 is 6.18 Å². The number of carbonyl (C=O) groups is 1. The fourth-order valence-electron chi connectivity index (χ4n) is 1.64. The van der Waals surface area contributed by atoms with Gasteiger partial charge in [-0.3, -0.25) is 4.79 Å². The zero-order valence-electron chi connectivity index (χ0n) is 11.3. The molecule has 0 bridgehead atoms. The summed E-state index contributed by atoms with van der Waals surface area (Å²) >= 11 is 0. The van der Waals surface area contributed by atoms with Gasteiger partial charge in [-0.1, -0.05) is 0 Å². The monoisotopic (exact) mass is 304 g/mol. The van der Waals surface area contributed by atoms with Crippen molar-refractivity contribution in [2.45, 2.75) is 24.6 Å². The zero-order chi connectivity index (χ0) is 15.7. The van der Waals surface area contributed by atoms with Crippen LogP contribution in [-0.2, 0) is 4.79 Å². The third-order valence-electron chi connectivity index (χ3n) is 3.05. The summed E-state index contributed by atoms with van der Waals surface area (Å²) in [4.78, 5) is 11.8. The molecular weight excluding hydrogens is 289 g/mol. The lowest BCUT2D eigenvalue weighted by Crippen LogP contribution is -2.37. The summed E-state index contributed by atoms with van der Waals surface area (Å²) < 4.78 is 46.2. The predicted octanol–water partition coefficient (Wildman–Crippen LogP) is 2.07. The smallest absolute Gasteiger partial charge is 0.422 e. The minimum Gasteiger partial charge on any atom is -0.493 e. The molecule has 0 spiro atoms. The number of nitrogens with two attached hydrogens (primary N) is 1. The normalized spacial score (nSPS) is 16.2. The lowest BCUT2D eigenvalue weighted by Gasteiger charge is -2.15. The number of nitrogens with one attached hydrogen (secondary N) is 1. The Morgan fingerprint density at radius 2 is 2.05 bits per heavy atom. The SMILES string of the molecule is COc1ccc(NC(=O)C2(N)CC2)cc1OCC(F)(F)F. The molecule has 1 aliphatic rings. The molecule has 0 radical (unpaired) electrons. The number of anilines is 1. The molecule has 1 fully saturated rings. The molecule has 3 N–H and O–H groups in total. The van der Waals surface area contributed by atoms with Crippen molar-refractivity contribution in [2.24, 2.45) is 5.73 Å². The second-order valence-electron chi connectivity index (χ2n) is 4.88. The van der Waals surface area contributed by atoms with Crippen molar-refractivity contribution in [1.29, 1.82) is 0 Å². The second kappa shape index (κ2) is 5.44. The summed E-state index contributed by atoms with van der Waals surface area (Å²) in [5.41, 5.74) is 5.16. The standard InChI is InChI=1S/C13H15F3N2O3/c1-20-9-3-2-8(18-11(19)12(17)4-5-12)6-10(9)21-7-13(14,15)16/h2-3,6H,4-5,7,17H2,1H3,(H,18,19). The van der Waals surface area contributed by atoms with Crippen molar-refractivity contribution in [1.82, 2.24) is 0 Å². The number of rotatable bonds is 5. The average molecular weight is 304 g/mol. The summed E-state index contributed by atoms with van der Waals surface area (Å²) in [7, 11) is 1.31. The number of benzene rings is 1. The third kappa shape index (κ3) is 4.01. The Labute approximate surface area is 119 Å². The van der Waals surface area contributed by atoms with E-state index in [9.17, 15) is 18.0 Å². The number of hydrogen-bond acceptors (Lipinski definition) is 4. The number of methoxy groups -OCH3 is 1. The summed E-state index contributed by atoms with van der Waals surface area (Å²) in [5.74, 6) is -0.324. The maximum absolute atomic E-state index is 12.2. The molecule has 1 saturated carbocycles. The number of carbonyl (C=O) groups excluding carboxylic acids is 1. The highest BCUT2D eigenvalue weighted by Gasteiger charge is 2.46. The van der Waals surface area contributed by atoms with Crippen molar-refractivity contribution in [3.05, 3.63) is 18.2 Å². The van der Waals surface area contributed by atoms with E-state index in [0.717, 1.165) is 0 Å². The topological polar surface area (TPSA) is 73.6 Å². The Morgan fingerprint density at radius 3 is 2.57 bits per heavy atom. The van der Waals surface area contributed by atoms with E-state index in [4.69, 9.17) is 10.5 Å². The predicted molar refractivity (Wildman–Crippen MR) is 69.3 cm³/mol. The van der Waals surface area contributed by atoms with E-state index < -0.39 is 18.3 Å². The maximum atomic E-state index is 12.2. The number of halogens is 3. The van der Waals surface area contributed by atoms with Crippen molar-refractivity contribution < 1.29 is 27.4 Å². The summed E-state index contributed by atoms with van der Waals surface area (Å²) in [6, 6.07) is 4.19. The second-order valence-corrected chi connectivity index (χ2v) is 4.88. The molecule has 5 nitrogen and oxygen atoms in total. The molecule has 0 saturated heterocycles. The Morgan fingerprint density at radius 1 is 1.38 bits per heavy atom. The van der Waals surface area contributed by atoms with Gasteiger partial charge in [-0.05, 0) is 25.0 Å². The Hall–Kier alpha value is -1.96. The first-order chi connectivity index (χ1) is 9.73. The number of alkyl halides is 3. The van der Waals surface area contributed by atoms with Crippen LogP contribution < -0.4 is 20.5 Å². The molecule has 1 aliphatic carbocycles. The van der Waals surface area contributed by atoms with Gasteiger partial charge < -0.3 is 20.5 Å². The van der Waals surface area contributed by atoms with Crippen LogP contribution in [-0.4, -0.2) is 31.3 Å². The molecule has 116 valence electrons. The Balaban J connectivity index is 2.11. The number of ether oxygens (including phenoxy) is 2. The van der Waals surface area contributed by atoms with Gasteiger partial charge in [0, 0.05) is 11.8 Å². The molecule has 2 rings (SSSR count). The van der Waals surface area contributed by atoms with Gasteiger partial charge in [0.15, 0.2) is 18.1 Å². The Bertz CT molecular complexity index is 542. The molecule has 0 heterocycles. The molecule has 0 unspecified atom stereocenters. The van der Waals surface area contributed by atoms with Crippen LogP contribution in [0.15, 0.2) is 18.2 Å². The molecule has 0 aliphatic heterocycles. The van der Waals surface area contributed by atoms with E-state index in [1.165, 1.54) is 25.3 Å². The van der Waals surface area contributed by atoms with Gasteiger partial charge in [0.05, 0.1) is 12.6 Å². The molecule has 8 heteroatoms. The van der Waals surface area contributed by atoms with E-state index >= 15 is 0 Å². The summed E-state index contributed by atoms with van der Waals surface area (Å²) in [6.07, 6.45) is -3.28. The van der Waals surface area contributed by atoms with Gasteiger partial charge in [-0.25, -0.2) is 0 Å². The quantitative estimate of drug-likeness (QED) is 0.873. The number of hydrogen-bond donors (Lipinski definition) is 2. The largest absolute Gasteiger partial charge is 0.493 e. The molecule has 1 amide bonds. The van der Waals surface area contributed by atoms with Crippen LogP contribution >= 0.6 is 0 Å². The van der Waals surface area contributed by atoms with E-state index in [-0.39, 0.29) is 17.4 Å². The van der Waals surface area contributed by atoms with Crippen LogP contribution in [0.4, 0.5) is 18.9 Å². The minimum atomic E-state index is -4.46. The van der Waals surface area contributed by atoms with Crippen LogP contribution in [0.5, 0.6) is 11.5 Å². The van der Waals surface area contributed by atoms with Crippen molar-refractivity contribution in [2.75, 3.05) is 19.0 Å². The van der Waals surface area contributed by atoms with Crippen LogP contribution in [0, 0.1) is 0 Å². The van der Waals surface area contributed by atoms with Crippen LogP contribution in [0.2, 0.25) is 0 Å². The third-order valence-corrected chi connectivity index (χ3v) is 3.05. The van der Waals surface area contributed by atoms with Crippen molar-refractivity contribution in [3.8, 4) is 11.5 Å². The van der Waals surface area contributed by atoms with E-state index in [0.29, 0.717) is 18.5 Å². The van der Waals surface area contributed by atoms with E-state index in [2.05, 4.69) is 10.1 Å².